The summed E-state index contributed by atoms with van der Waals surface area (Å²) in [5.74, 6) is 0.750. The minimum atomic E-state index is -1.11. The maximum absolute atomic E-state index is 10.8. The largest absolute Gasteiger partial charge is 0.477 e. The van der Waals surface area contributed by atoms with E-state index in [0.717, 1.165) is 28.4 Å². The molecule has 0 bridgehead atoms. The van der Waals surface area contributed by atoms with Crippen LogP contribution in [0.3, 0.4) is 0 Å². The van der Waals surface area contributed by atoms with Gasteiger partial charge in [0.15, 0.2) is 0 Å². The smallest absolute Gasteiger partial charge is 0.351 e. The van der Waals surface area contributed by atoms with Gasteiger partial charge in [-0.1, -0.05) is 44.2 Å². The highest BCUT2D eigenvalue weighted by Gasteiger charge is 2.03. The SMILES string of the molecule is CC(C)CCSc1ccc(-c2cccc(C=C(N)C(=O)O)c2)cc1. The number of carbonyl (C=O) groups is 1. The first-order valence-corrected chi connectivity index (χ1v) is 8.98. The quantitative estimate of drug-likeness (QED) is 0.557. The number of aliphatic carboxylic acids is 1. The predicted octanol–water partition coefficient (Wildman–Crippen LogP) is 4.88. The lowest BCUT2D eigenvalue weighted by atomic mass is 10.0. The lowest BCUT2D eigenvalue weighted by Gasteiger charge is -2.07. The number of benzene rings is 2. The number of nitrogens with two attached hydrogens (primary N) is 1. The highest BCUT2D eigenvalue weighted by molar-refractivity contribution is 7.99. The Morgan fingerprint density at radius 3 is 2.50 bits per heavy atom. The third kappa shape index (κ3) is 5.46. The van der Waals surface area contributed by atoms with E-state index >= 15 is 0 Å². The Bertz CT molecular complexity index is 721. The van der Waals surface area contributed by atoms with Gasteiger partial charge in [0.2, 0.25) is 0 Å². The molecule has 3 nitrogen and oxygen atoms in total. The lowest BCUT2D eigenvalue weighted by molar-refractivity contribution is -0.132. The van der Waals surface area contributed by atoms with E-state index in [1.54, 1.807) is 0 Å². The van der Waals surface area contributed by atoms with E-state index in [-0.39, 0.29) is 5.70 Å². The van der Waals surface area contributed by atoms with E-state index in [1.165, 1.54) is 17.4 Å². The molecule has 0 aromatic heterocycles. The van der Waals surface area contributed by atoms with Crippen molar-refractivity contribution in [2.45, 2.75) is 25.2 Å². The fraction of sp³-hybridized carbons (Fsp3) is 0.250. The molecule has 0 spiro atoms. The topological polar surface area (TPSA) is 63.3 Å². The van der Waals surface area contributed by atoms with Crippen molar-refractivity contribution in [3.8, 4) is 11.1 Å². The molecule has 0 amide bonds. The average Bonchev–Trinajstić information content (AvgIpc) is 2.55. The molecule has 0 aliphatic carbocycles. The normalized spacial score (nSPS) is 11.7. The Hall–Kier alpha value is -2.20. The maximum atomic E-state index is 10.8. The van der Waals surface area contributed by atoms with Crippen LogP contribution in [-0.4, -0.2) is 16.8 Å². The van der Waals surface area contributed by atoms with Crippen LogP contribution < -0.4 is 5.73 Å². The molecule has 24 heavy (non-hydrogen) atoms. The first-order chi connectivity index (χ1) is 11.5. The van der Waals surface area contributed by atoms with Gasteiger partial charge in [0.05, 0.1) is 0 Å². The van der Waals surface area contributed by atoms with Crippen molar-refractivity contribution in [1.82, 2.24) is 0 Å². The van der Waals surface area contributed by atoms with Crippen LogP contribution >= 0.6 is 11.8 Å². The maximum Gasteiger partial charge on any atom is 0.351 e. The van der Waals surface area contributed by atoms with Gasteiger partial charge in [0.25, 0.3) is 0 Å². The van der Waals surface area contributed by atoms with Gasteiger partial charge in [-0.25, -0.2) is 4.79 Å². The lowest BCUT2D eigenvalue weighted by Crippen LogP contribution is -2.09. The molecule has 0 saturated carbocycles. The van der Waals surface area contributed by atoms with Gasteiger partial charge in [0.1, 0.15) is 5.70 Å². The fourth-order valence-corrected chi connectivity index (χ4v) is 3.36. The zero-order valence-corrected chi connectivity index (χ0v) is 14.8. The van der Waals surface area contributed by atoms with Crippen LogP contribution in [-0.2, 0) is 4.79 Å². The van der Waals surface area contributed by atoms with Gasteiger partial charge in [-0.2, -0.15) is 0 Å². The third-order valence-electron chi connectivity index (χ3n) is 3.61. The Labute approximate surface area is 147 Å². The average molecular weight is 341 g/mol. The van der Waals surface area contributed by atoms with Gasteiger partial charge in [-0.15, -0.1) is 11.8 Å². The van der Waals surface area contributed by atoms with Crippen LogP contribution in [0.4, 0.5) is 0 Å². The van der Waals surface area contributed by atoms with Gasteiger partial charge < -0.3 is 10.8 Å². The van der Waals surface area contributed by atoms with Crippen molar-refractivity contribution >= 4 is 23.8 Å². The molecule has 2 aromatic rings. The predicted molar refractivity (Wildman–Crippen MR) is 102 cm³/mol. The summed E-state index contributed by atoms with van der Waals surface area (Å²) in [6.45, 7) is 4.48. The van der Waals surface area contributed by atoms with Crippen LogP contribution in [0.5, 0.6) is 0 Å². The van der Waals surface area contributed by atoms with Crippen LogP contribution in [0, 0.1) is 5.92 Å². The van der Waals surface area contributed by atoms with Gasteiger partial charge >= 0.3 is 5.97 Å². The van der Waals surface area contributed by atoms with Crippen molar-refractivity contribution in [2.75, 3.05) is 5.75 Å². The van der Waals surface area contributed by atoms with E-state index in [2.05, 4.69) is 38.1 Å². The molecule has 0 unspecified atom stereocenters. The second kappa shape index (κ2) is 8.60. The van der Waals surface area contributed by atoms with Gasteiger partial charge in [-0.05, 0) is 59.1 Å². The zero-order chi connectivity index (χ0) is 17.5. The van der Waals surface area contributed by atoms with E-state index < -0.39 is 5.97 Å². The summed E-state index contributed by atoms with van der Waals surface area (Å²) in [4.78, 5) is 12.1. The molecule has 4 heteroatoms. The Morgan fingerprint density at radius 1 is 1.17 bits per heavy atom. The van der Waals surface area contributed by atoms with Crippen molar-refractivity contribution in [2.24, 2.45) is 11.7 Å². The summed E-state index contributed by atoms with van der Waals surface area (Å²) in [5.41, 5.74) is 8.25. The molecule has 0 saturated heterocycles. The molecule has 0 aliphatic heterocycles. The monoisotopic (exact) mass is 341 g/mol. The molecule has 0 radical (unpaired) electrons. The van der Waals surface area contributed by atoms with Gasteiger partial charge in [-0.3, -0.25) is 0 Å². The molecule has 0 heterocycles. The highest BCUT2D eigenvalue weighted by atomic mass is 32.2. The summed E-state index contributed by atoms with van der Waals surface area (Å²) in [5, 5.41) is 8.87. The summed E-state index contributed by atoms with van der Waals surface area (Å²) >= 11 is 1.88. The molecule has 3 N–H and O–H groups in total. The standard InChI is InChI=1S/C20H23NO2S/c1-14(2)10-11-24-18-8-6-16(7-9-18)17-5-3-4-15(12-17)13-19(21)20(22)23/h3-9,12-14H,10-11,21H2,1-2H3,(H,22,23). The van der Waals surface area contributed by atoms with E-state index in [0.29, 0.717) is 0 Å². The zero-order valence-electron chi connectivity index (χ0n) is 14.0. The highest BCUT2D eigenvalue weighted by Crippen LogP contribution is 2.26. The minimum Gasteiger partial charge on any atom is -0.477 e. The van der Waals surface area contributed by atoms with Gasteiger partial charge in [0, 0.05) is 4.90 Å². The van der Waals surface area contributed by atoms with Crippen molar-refractivity contribution in [3.05, 3.63) is 59.8 Å². The summed E-state index contributed by atoms with van der Waals surface area (Å²) in [6.07, 6.45) is 2.69. The second-order valence-electron chi connectivity index (χ2n) is 6.09. The van der Waals surface area contributed by atoms with Crippen LogP contribution in [0.1, 0.15) is 25.8 Å². The van der Waals surface area contributed by atoms with Crippen molar-refractivity contribution in [3.63, 3.8) is 0 Å². The number of rotatable bonds is 7. The molecule has 2 rings (SSSR count). The molecule has 0 fully saturated rings. The van der Waals surface area contributed by atoms with Crippen LogP contribution in [0.15, 0.2) is 59.1 Å². The summed E-state index contributed by atoms with van der Waals surface area (Å²) < 4.78 is 0. The molecule has 0 aliphatic rings. The number of thioether (sulfide) groups is 1. The number of carboxylic acids is 1. The van der Waals surface area contributed by atoms with Crippen molar-refractivity contribution in [1.29, 1.82) is 0 Å². The third-order valence-corrected chi connectivity index (χ3v) is 4.65. The van der Waals surface area contributed by atoms with Crippen LogP contribution in [0.2, 0.25) is 0 Å². The van der Waals surface area contributed by atoms with Crippen LogP contribution in [0.25, 0.3) is 17.2 Å². The minimum absolute atomic E-state index is 0.163. The summed E-state index contributed by atoms with van der Waals surface area (Å²) in [7, 11) is 0. The number of carboxylic acid groups (broad SMARTS) is 1. The number of hydrogen-bond donors (Lipinski definition) is 2. The molecular weight excluding hydrogens is 318 g/mol. The number of hydrogen-bond acceptors (Lipinski definition) is 3. The van der Waals surface area contributed by atoms with E-state index in [4.69, 9.17) is 10.8 Å². The van der Waals surface area contributed by atoms with E-state index in [1.807, 2.05) is 36.0 Å². The second-order valence-corrected chi connectivity index (χ2v) is 7.25. The fourth-order valence-electron chi connectivity index (χ4n) is 2.21. The molecule has 126 valence electrons. The van der Waals surface area contributed by atoms with E-state index in [9.17, 15) is 4.79 Å². The molecule has 2 aromatic carbocycles. The molecular formula is C20H23NO2S. The Kier molecular flexibility index (Phi) is 6.50. The Balaban J connectivity index is 2.11. The first kappa shape index (κ1) is 18.1. The molecule has 0 atom stereocenters. The van der Waals surface area contributed by atoms with Crippen molar-refractivity contribution < 1.29 is 9.90 Å². The first-order valence-electron chi connectivity index (χ1n) is 7.99. The Morgan fingerprint density at radius 2 is 1.88 bits per heavy atom. The summed E-state index contributed by atoms with van der Waals surface area (Å²) in [6, 6.07) is 16.2.